The lowest BCUT2D eigenvalue weighted by Crippen LogP contribution is -2.23. The summed E-state index contributed by atoms with van der Waals surface area (Å²) >= 11 is 1.56. The second-order valence-electron chi connectivity index (χ2n) is 4.61. The fourth-order valence-corrected chi connectivity index (χ4v) is 2.61. The molecule has 0 radical (unpaired) electrons. The molecule has 6 heteroatoms. The molecule has 0 bridgehead atoms. The van der Waals surface area contributed by atoms with E-state index in [1.54, 1.807) is 35.6 Å². The molecule has 0 aliphatic heterocycles. The van der Waals surface area contributed by atoms with E-state index < -0.39 is 0 Å². The highest BCUT2D eigenvalue weighted by Crippen LogP contribution is 2.22. The largest absolute Gasteiger partial charge is 0.340 e. The van der Waals surface area contributed by atoms with Gasteiger partial charge in [-0.2, -0.15) is 5.10 Å². The molecule has 0 atom stereocenters. The Hall–Kier alpha value is -2.91. The van der Waals surface area contributed by atoms with Gasteiger partial charge >= 0.3 is 0 Å². The van der Waals surface area contributed by atoms with Crippen molar-refractivity contribution in [3.8, 4) is 22.4 Å². The third kappa shape index (κ3) is 3.65. The zero-order valence-electron chi connectivity index (χ0n) is 12.0. The van der Waals surface area contributed by atoms with Crippen molar-refractivity contribution in [1.29, 1.82) is 0 Å². The average Bonchev–Trinajstić information content (AvgIpc) is 3.23. The van der Waals surface area contributed by atoms with E-state index in [1.807, 2.05) is 17.5 Å². The van der Waals surface area contributed by atoms with Gasteiger partial charge in [-0.15, -0.1) is 11.3 Å². The zero-order chi connectivity index (χ0) is 16.1. The van der Waals surface area contributed by atoms with Crippen LogP contribution in [0, 0.1) is 17.7 Å². The summed E-state index contributed by atoms with van der Waals surface area (Å²) in [4.78, 5) is 13.0. The van der Waals surface area contributed by atoms with E-state index in [4.69, 9.17) is 0 Å². The van der Waals surface area contributed by atoms with E-state index in [2.05, 4.69) is 27.4 Å². The van der Waals surface area contributed by atoms with E-state index in [0.717, 1.165) is 10.6 Å². The zero-order valence-corrected chi connectivity index (χ0v) is 12.8. The number of halogens is 1. The Morgan fingerprint density at radius 1 is 1.30 bits per heavy atom. The molecule has 0 spiro atoms. The molecule has 4 nitrogen and oxygen atoms in total. The molecule has 0 saturated carbocycles. The van der Waals surface area contributed by atoms with Crippen LogP contribution in [0.3, 0.4) is 0 Å². The van der Waals surface area contributed by atoms with E-state index in [-0.39, 0.29) is 18.3 Å². The smallest absolute Gasteiger partial charge is 0.272 e. The minimum atomic E-state index is -0.376. The van der Waals surface area contributed by atoms with Crippen LogP contribution in [0.15, 0.2) is 47.8 Å². The first kappa shape index (κ1) is 15.0. The predicted molar refractivity (Wildman–Crippen MR) is 87.5 cm³/mol. The number of carbonyl (C=O) groups excluding carboxylic acids is 1. The lowest BCUT2D eigenvalue weighted by Gasteiger charge is -1.96. The first-order chi connectivity index (χ1) is 11.2. The number of hydrogen-bond acceptors (Lipinski definition) is 3. The Labute approximate surface area is 136 Å². The summed E-state index contributed by atoms with van der Waals surface area (Å²) in [5, 5.41) is 11.4. The maximum absolute atomic E-state index is 13.4. The molecule has 2 heterocycles. The van der Waals surface area contributed by atoms with Crippen molar-refractivity contribution >= 4 is 17.2 Å². The number of benzene rings is 1. The van der Waals surface area contributed by atoms with Crippen LogP contribution in [0.2, 0.25) is 0 Å². The summed E-state index contributed by atoms with van der Waals surface area (Å²) in [6, 6.07) is 11.8. The van der Waals surface area contributed by atoms with Crippen molar-refractivity contribution in [3.05, 3.63) is 64.9 Å². The number of aromatic amines is 1. The number of amides is 1. The average molecular weight is 325 g/mol. The molecule has 114 valence electrons. The summed E-state index contributed by atoms with van der Waals surface area (Å²) in [6.45, 7) is 0.119. The van der Waals surface area contributed by atoms with Crippen LogP contribution >= 0.6 is 11.3 Å². The second-order valence-corrected chi connectivity index (χ2v) is 5.56. The Bertz CT molecular complexity index is 875. The molecule has 3 rings (SSSR count). The van der Waals surface area contributed by atoms with Gasteiger partial charge < -0.3 is 5.32 Å². The summed E-state index contributed by atoms with van der Waals surface area (Å²) in [6.07, 6.45) is 0. The Balaban J connectivity index is 1.59. The van der Waals surface area contributed by atoms with E-state index in [9.17, 15) is 9.18 Å². The molecule has 2 aromatic heterocycles. The summed E-state index contributed by atoms with van der Waals surface area (Å²) in [7, 11) is 0. The molecular formula is C17H12FN3OS. The highest BCUT2D eigenvalue weighted by molar-refractivity contribution is 7.13. The van der Waals surface area contributed by atoms with Crippen LogP contribution in [0.5, 0.6) is 0 Å². The molecule has 3 aromatic rings. The van der Waals surface area contributed by atoms with Gasteiger partial charge in [0.25, 0.3) is 5.91 Å². The van der Waals surface area contributed by atoms with Crippen LogP contribution in [0.4, 0.5) is 4.39 Å². The second kappa shape index (κ2) is 6.90. The fraction of sp³-hybridized carbons (Fsp3) is 0.0588. The van der Waals surface area contributed by atoms with Crippen molar-refractivity contribution in [2.24, 2.45) is 0 Å². The number of nitrogens with zero attached hydrogens (tertiary/aromatic N) is 1. The number of aromatic nitrogens is 2. The number of rotatable bonds is 3. The Morgan fingerprint density at radius 2 is 2.17 bits per heavy atom. The normalized spacial score (nSPS) is 9.96. The van der Waals surface area contributed by atoms with Crippen molar-refractivity contribution < 1.29 is 9.18 Å². The van der Waals surface area contributed by atoms with E-state index in [0.29, 0.717) is 11.3 Å². The van der Waals surface area contributed by atoms with Gasteiger partial charge in [-0.05, 0) is 29.6 Å². The predicted octanol–water partition coefficient (Wildman–Crippen LogP) is 3.06. The van der Waals surface area contributed by atoms with Crippen LogP contribution in [0.1, 0.15) is 16.1 Å². The van der Waals surface area contributed by atoms with Crippen molar-refractivity contribution in [1.82, 2.24) is 15.5 Å². The topological polar surface area (TPSA) is 57.8 Å². The van der Waals surface area contributed by atoms with Gasteiger partial charge in [0.1, 0.15) is 5.82 Å². The number of thiophene rings is 1. The van der Waals surface area contributed by atoms with Crippen molar-refractivity contribution in [3.63, 3.8) is 0 Å². The number of hydrogen-bond donors (Lipinski definition) is 2. The monoisotopic (exact) mass is 325 g/mol. The van der Waals surface area contributed by atoms with Gasteiger partial charge in [-0.3, -0.25) is 9.89 Å². The number of nitrogens with one attached hydrogen (secondary N) is 2. The minimum Gasteiger partial charge on any atom is -0.340 e. The van der Waals surface area contributed by atoms with Crippen LogP contribution in [-0.4, -0.2) is 22.6 Å². The van der Waals surface area contributed by atoms with Gasteiger partial charge in [-0.1, -0.05) is 30.0 Å². The SMILES string of the molecule is O=C(NCC#Cc1ccccc1F)c1cc(-c2cccs2)[nH]n1. The van der Waals surface area contributed by atoms with Crippen molar-refractivity contribution in [2.45, 2.75) is 0 Å². The molecule has 1 aromatic carbocycles. The lowest BCUT2D eigenvalue weighted by atomic mass is 10.2. The van der Waals surface area contributed by atoms with E-state index >= 15 is 0 Å². The van der Waals surface area contributed by atoms with Gasteiger partial charge in [0, 0.05) is 0 Å². The molecule has 23 heavy (non-hydrogen) atoms. The Kier molecular flexibility index (Phi) is 4.50. The first-order valence-electron chi connectivity index (χ1n) is 6.85. The molecule has 0 aliphatic carbocycles. The fourth-order valence-electron chi connectivity index (χ4n) is 1.91. The maximum atomic E-state index is 13.4. The van der Waals surface area contributed by atoms with Gasteiger partial charge in [-0.25, -0.2) is 4.39 Å². The number of carbonyl (C=O) groups is 1. The molecule has 0 aliphatic rings. The lowest BCUT2D eigenvalue weighted by molar-refractivity contribution is 0.0953. The van der Waals surface area contributed by atoms with Gasteiger partial charge in [0.15, 0.2) is 5.69 Å². The summed E-state index contributed by atoms with van der Waals surface area (Å²) in [5.41, 5.74) is 1.39. The summed E-state index contributed by atoms with van der Waals surface area (Å²) < 4.78 is 13.4. The summed E-state index contributed by atoms with van der Waals surface area (Å²) in [5.74, 6) is 4.70. The van der Waals surface area contributed by atoms with Crippen LogP contribution in [-0.2, 0) is 0 Å². The quantitative estimate of drug-likeness (QED) is 0.727. The molecular weight excluding hydrogens is 313 g/mol. The number of H-pyrrole nitrogens is 1. The third-order valence-corrected chi connectivity index (χ3v) is 3.93. The minimum absolute atomic E-state index is 0.119. The van der Waals surface area contributed by atoms with Crippen LogP contribution in [0.25, 0.3) is 10.6 Å². The highest BCUT2D eigenvalue weighted by Gasteiger charge is 2.10. The Morgan fingerprint density at radius 3 is 2.96 bits per heavy atom. The first-order valence-corrected chi connectivity index (χ1v) is 7.73. The molecule has 0 unspecified atom stereocenters. The maximum Gasteiger partial charge on any atom is 0.272 e. The highest BCUT2D eigenvalue weighted by atomic mass is 32.1. The van der Waals surface area contributed by atoms with Gasteiger partial charge in [0.05, 0.1) is 22.7 Å². The molecule has 0 saturated heterocycles. The molecule has 1 amide bonds. The van der Waals surface area contributed by atoms with Gasteiger partial charge in [0.2, 0.25) is 0 Å². The standard InChI is InChI=1S/C17H12FN3OS/c18-13-7-2-1-5-12(13)6-3-9-19-17(22)15-11-14(20-21-15)16-8-4-10-23-16/h1-2,4-5,7-8,10-11H,9H2,(H,19,22)(H,20,21). The van der Waals surface area contributed by atoms with Crippen LogP contribution < -0.4 is 5.32 Å². The molecule has 2 N–H and O–H groups in total. The van der Waals surface area contributed by atoms with E-state index in [1.165, 1.54) is 6.07 Å². The molecule has 0 fully saturated rings. The third-order valence-electron chi connectivity index (χ3n) is 3.03. The van der Waals surface area contributed by atoms with Crippen molar-refractivity contribution in [2.75, 3.05) is 6.54 Å².